The molecule has 4 nitrogen and oxygen atoms in total. The van der Waals surface area contributed by atoms with E-state index in [9.17, 15) is 8.42 Å². The maximum absolute atomic E-state index is 12.4. The Hall–Kier alpha value is -1.08. The van der Waals surface area contributed by atoms with Crippen LogP contribution in [0, 0.1) is 0 Å². The third-order valence-electron chi connectivity index (χ3n) is 2.93. The summed E-state index contributed by atoms with van der Waals surface area (Å²) in [4.78, 5) is 1.32. The zero-order valence-corrected chi connectivity index (χ0v) is 13.3. The number of anilines is 1. The van der Waals surface area contributed by atoms with Crippen LogP contribution in [-0.4, -0.2) is 26.3 Å². The van der Waals surface area contributed by atoms with E-state index in [0.717, 1.165) is 4.88 Å². The molecule has 1 aromatic carbocycles. The second-order valence-electron chi connectivity index (χ2n) is 4.34. The highest BCUT2D eigenvalue weighted by Crippen LogP contribution is 2.24. The summed E-state index contributed by atoms with van der Waals surface area (Å²) < 4.78 is 26.1. The van der Waals surface area contributed by atoms with Crippen molar-refractivity contribution in [2.24, 2.45) is 0 Å². The Kier molecular flexibility index (Phi) is 4.70. The van der Waals surface area contributed by atoms with E-state index in [1.807, 2.05) is 17.5 Å². The summed E-state index contributed by atoms with van der Waals surface area (Å²) in [6, 6.07) is 8.30. The molecule has 1 aromatic heterocycles. The fourth-order valence-electron chi connectivity index (χ4n) is 1.70. The minimum atomic E-state index is -3.53. The van der Waals surface area contributed by atoms with E-state index in [-0.39, 0.29) is 10.6 Å². The number of hydrogen-bond acceptors (Lipinski definition) is 4. The molecule has 0 saturated heterocycles. The summed E-state index contributed by atoms with van der Waals surface area (Å²) in [5.74, 6) is 0. The summed E-state index contributed by atoms with van der Waals surface area (Å²) in [7, 11) is -1.97. The molecule has 20 heavy (non-hydrogen) atoms. The standard InChI is InChI=1S/C13H15ClN2O2S2/c1-16(7-6-10-3-2-8-19-10)20(17,18)11-4-5-12(14)13(15)9-11/h2-5,8-9H,6-7,15H2,1H3. The van der Waals surface area contributed by atoms with Crippen LogP contribution in [0.2, 0.25) is 5.02 Å². The molecule has 0 aliphatic rings. The van der Waals surface area contributed by atoms with Crippen molar-refractivity contribution in [1.29, 1.82) is 0 Å². The minimum Gasteiger partial charge on any atom is -0.397 e. The molecule has 2 N–H and O–H groups in total. The van der Waals surface area contributed by atoms with Crippen molar-refractivity contribution < 1.29 is 8.42 Å². The minimum absolute atomic E-state index is 0.160. The van der Waals surface area contributed by atoms with Crippen LogP contribution in [0.5, 0.6) is 0 Å². The van der Waals surface area contributed by atoms with Crippen molar-refractivity contribution in [1.82, 2.24) is 4.31 Å². The van der Waals surface area contributed by atoms with Gasteiger partial charge in [0.05, 0.1) is 15.6 Å². The van der Waals surface area contributed by atoms with Gasteiger partial charge >= 0.3 is 0 Å². The molecule has 0 fully saturated rings. The zero-order chi connectivity index (χ0) is 14.8. The number of benzene rings is 1. The molecule has 7 heteroatoms. The topological polar surface area (TPSA) is 63.4 Å². The lowest BCUT2D eigenvalue weighted by Crippen LogP contribution is -2.29. The molecule has 0 atom stereocenters. The van der Waals surface area contributed by atoms with Crippen LogP contribution >= 0.6 is 22.9 Å². The Balaban J connectivity index is 2.14. The van der Waals surface area contributed by atoms with Crippen LogP contribution in [-0.2, 0) is 16.4 Å². The Morgan fingerprint density at radius 1 is 1.35 bits per heavy atom. The number of nitrogens with zero attached hydrogens (tertiary/aromatic N) is 1. The second kappa shape index (κ2) is 6.13. The van der Waals surface area contributed by atoms with Crippen LogP contribution in [0.3, 0.4) is 0 Å². The van der Waals surface area contributed by atoms with E-state index >= 15 is 0 Å². The molecular formula is C13H15ClN2O2S2. The van der Waals surface area contributed by atoms with E-state index in [2.05, 4.69) is 0 Å². The number of halogens is 1. The Labute approximate surface area is 127 Å². The van der Waals surface area contributed by atoms with E-state index in [0.29, 0.717) is 18.0 Å². The summed E-state index contributed by atoms with van der Waals surface area (Å²) >= 11 is 7.42. The number of nitrogens with two attached hydrogens (primary N) is 1. The van der Waals surface area contributed by atoms with Gasteiger partial charge in [-0.1, -0.05) is 17.7 Å². The lowest BCUT2D eigenvalue weighted by atomic mass is 10.3. The normalized spacial score (nSPS) is 11.9. The van der Waals surface area contributed by atoms with Gasteiger partial charge in [-0.05, 0) is 36.1 Å². The van der Waals surface area contributed by atoms with Crippen LogP contribution < -0.4 is 5.73 Å². The van der Waals surface area contributed by atoms with Gasteiger partial charge in [0.1, 0.15) is 0 Å². The first-order valence-corrected chi connectivity index (χ1v) is 8.65. The zero-order valence-electron chi connectivity index (χ0n) is 10.9. The molecule has 1 heterocycles. The molecule has 0 aliphatic carbocycles. The van der Waals surface area contributed by atoms with Crippen LogP contribution in [0.1, 0.15) is 4.88 Å². The smallest absolute Gasteiger partial charge is 0.242 e. The number of likely N-dealkylation sites (N-methyl/N-ethyl adjacent to an activating group) is 1. The van der Waals surface area contributed by atoms with Crippen molar-refractivity contribution in [3.05, 3.63) is 45.6 Å². The van der Waals surface area contributed by atoms with Crippen LogP contribution in [0.15, 0.2) is 40.6 Å². The van der Waals surface area contributed by atoms with Crippen molar-refractivity contribution in [3.63, 3.8) is 0 Å². The van der Waals surface area contributed by atoms with E-state index in [1.54, 1.807) is 18.4 Å². The van der Waals surface area contributed by atoms with Crippen molar-refractivity contribution >= 4 is 38.6 Å². The van der Waals surface area contributed by atoms with Gasteiger partial charge in [-0.15, -0.1) is 11.3 Å². The average molecular weight is 331 g/mol. The maximum Gasteiger partial charge on any atom is 0.242 e. The predicted octanol–water partition coefficient (Wildman–Crippen LogP) is 2.85. The lowest BCUT2D eigenvalue weighted by molar-refractivity contribution is 0.473. The van der Waals surface area contributed by atoms with Gasteiger partial charge in [0.2, 0.25) is 10.0 Å². The van der Waals surface area contributed by atoms with Crippen LogP contribution in [0.4, 0.5) is 5.69 Å². The fraction of sp³-hybridized carbons (Fsp3) is 0.231. The van der Waals surface area contributed by atoms with E-state index in [4.69, 9.17) is 17.3 Å². The number of rotatable bonds is 5. The second-order valence-corrected chi connectivity index (χ2v) is 7.82. The molecule has 0 unspecified atom stereocenters. The first-order chi connectivity index (χ1) is 9.41. The van der Waals surface area contributed by atoms with Gasteiger partial charge < -0.3 is 5.73 Å². The Morgan fingerprint density at radius 3 is 2.70 bits per heavy atom. The SMILES string of the molecule is CN(CCc1cccs1)S(=O)(=O)c1ccc(Cl)c(N)c1. The predicted molar refractivity (Wildman–Crippen MR) is 83.7 cm³/mol. The van der Waals surface area contributed by atoms with Gasteiger partial charge in [-0.3, -0.25) is 0 Å². The first-order valence-electron chi connectivity index (χ1n) is 5.95. The third-order valence-corrected chi connectivity index (χ3v) is 6.06. The highest BCUT2D eigenvalue weighted by atomic mass is 35.5. The molecule has 2 rings (SSSR count). The van der Waals surface area contributed by atoms with Gasteiger partial charge in [0, 0.05) is 18.5 Å². The van der Waals surface area contributed by atoms with Gasteiger partial charge in [0.25, 0.3) is 0 Å². The lowest BCUT2D eigenvalue weighted by Gasteiger charge is -2.17. The Bertz CT molecular complexity index is 684. The van der Waals surface area contributed by atoms with Gasteiger partial charge in [-0.2, -0.15) is 0 Å². The first kappa shape index (κ1) is 15.3. The number of hydrogen-bond donors (Lipinski definition) is 1. The van der Waals surface area contributed by atoms with E-state index < -0.39 is 10.0 Å². The highest BCUT2D eigenvalue weighted by molar-refractivity contribution is 7.89. The maximum atomic E-state index is 12.4. The molecule has 0 spiro atoms. The summed E-state index contributed by atoms with van der Waals surface area (Å²) in [6.07, 6.45) is 0.691. The summed E-state index contributed by atoms with van der Waals surface area (Å²) in [5.41, 5.74) is 5.92. The third kappa shape index (κ3) is 3.32. The molecule has 108 valence electrons. The molecule has 2 aromatic rings. The molecule has 0 bridgehead atoms. The molecule has 0 radical (unpaired) electrons. The fourth-order valence-corrected chi connectivity index (χ4v) is 3.73. The van der Waals surface area contributed by atoms with Crippen molar-refractivity contribution in [2.45, 2.75) is 11.3 Å². The summed E-state index contributed by atoms with van der Waals surface area (Å²) in [5, 5.41) is 2.33. The Morgan fingerprint density at radius 2 is 2.10 bits per heavy atom. The molecule has 0 amide bonds. The van der Waals surface area contributed by atoms with Crippen LogP contribution in [0.25, 0.3) is 0 Å². The molecular weight excluding hydrogens is 316 g/mol. The van der Waals surface area contributed by atoms with Gasteiger partial charge in [-0.25, -0.2) is 12.7 Å². The van der Waals surface area contributed by atoms with Crippen molar-refractivity contribution in [3.8, 4) is 0 Å². The number of thiophene rings is 1. The van der Waals surface area contributed by atoms with Crippen molar-refractivity contribution in [2.75, 3.05) is 19.3 Å². The largest absolute Gasteiger partial charge is 0.397 e. The quantitative estimate of drug-likeness (QED) is 0.857. The summed E-state index contributed by atoms with van der Waals surface area (Å²) in [6.45, 7) is 0.422. The average Bonchev–Trinajstić information content (AvgIpc) is 2.92. The highest BCUT2D eigenvalue weighted by Gasteiger charge is 2.21. The van der Waals surface area contributed by atoms with Gasteiger partial charge in [0.15, 0.2) is 0 Å². The number of sulfonamides is 1. The monoisotopic (exact) mass is 330 g/mol. The molecule has 0 saturated carbocycles. The van der Waals surface area contributed by atoms with E-state index in [1.165, 1.54) is 22.5 Å². The number of nitrogen functional groups attached to an aromatic ring is 1. The molecule has 0 aliphatic heterocycles.